The summed E-state index contributed by atoms with van der Waals surface area (Å²) in [4.78, 5) is 4.37. The smallest absolute Gasteiger partial charge is 0.0704 e. The summed E-state index contributed by atoms with van der Waals surface area (Å²) in [7, 11) is 1.98. The van der Waals surface area contributed by atoms with Gasteiger partial charge in [0.2, 0.25) is 0 Å². The molecule has 1 aromatic heterocycles. The third-order valence-electron chi connectivity index (χ3n) is 2.80. The van der Waals surface area contributed by atoms with Crippen LogP contribution in [0.3, 0.4) is 0 Å². The van der Waals surface area contributed by atoms with Crippen molar-refractivity contribution in [3.63, 3.8) is 0 Å². The van der Waals surface area contributed by atoms with Gasteiger partial charge in [-0.2, -0.15) is 0 Å². The van der Waals surface area contributed by atoms with Gasteiger partial charge in [-0.3, -0.25) is 4.98 Å². The van der Waals surface area contributed by atoms with E-state index in [1.807, 2.05) is 19.3 Å². The number of nitrogens with zero attached hydrogens (tertiary/aromatic N) is 1. The summed E-state index contributed by atoms with van der Waals surface area (Å²) in [6.45, 7) is 1.04. The van der Waals surface area contributed by atoms with Gasteiger partial charge in [-0.05, 0) is 44.1 Å². The summed E-state index contributed by atoms with van der Waals surface area (Å²) in [6.07, 6.45) is 8.41. The fraction of sp³-hybridized carbons (Fsp3) is 0.267. The first-order valence-electron chi connectivity index (χ1n) is 6.04. The van der Waals surface area contributed by atoms with Crippen LogP contribution in [0, 0.1) is 0 Å². The molecular weight excluding hydrogens is 208 g/mol. The zero-order chi connectivity index (χ0) is 11.9. The molecule has 0 saturated carbocycles. The number of para-hydroxylation sites is 1. The van der Waals surface area contributed by atoms with Crippen LogP contribution >= 0.6 is 0 Å². The molecule has 0 amide bonds. The largest absolute Gasteiger partial charge is 0.319 e. The lowest BCUT2D eigenvalue weighted by Crippen LogP contribution is -2.05. The molecule has 0 aliphatic carbocycles. The molecule has 0 radical (unpaired) electrons. The average Bonchev–Trinajstić information content (AvgIpc) is 2.39. The number of allylic oxidation sites excluding steroid dienone is 1. The summed E-state index contributed by atoms with van der Waals surface area (Å²) >= 11 is 0. The van der Waals surface area contributed by atoms with Crippen LogP contribution in [0.5, 0.6) is 0 Å². The molecule has 0 bridgehead atoms. The third kappa shape index (κ3) is 3.14. The van der Waals surface area contributed by atoms with Gasteiger partial charge >= 0.3 is 0 Å². The van der Waals surface area contributed by atoms with Gasteiger partial charge in [0.05, 0.1) is 5.52 Å². The van der Waals surface area contributed by atoms with E-state index in [4.69, 9.17) is 0 Å². The van der Waals surface area contributed by atoms with Crippen LogP contribution in [0.4, 0.5) is 0 Å². The zero-order valence-electron chi connectivity index (χ0n) is 10.2. The number of nitrogens with one attached hydrogen (secondary N) is 1. The highest BCUT2D eigenvalue weighted by Gasteiger charge is 1.98. The SMILES string of the molecule is CNCCC=CCc1ccnc2ccccc12. The van der Waals surface area contributed by atoms with Crippen molar-refractivity contribution in [3.05, 3.63) is 54.2 Å². The Morgan fingerprint density at radius 3 is 2.94 bits per heavy atom. The Morgan fingerprint density at radius 2 is 2.06 bits per heavy atom. The molecule has 17 heavy (non-hydrogen) atoms. The molecule has 2 rings (SSSR count). The molecule has 0 fully saturated rings. The summed E-state index contributed by atoms with van der Waals surface area (Å²) in [6, 6.07) is 10.4. The lowest BCUT2D eigenvalue weighted by Gasteiger charge is -2.02. The Hall–Kier alpha value is -1.67. The van der Waals surface area contributed by atoms with Crippen molar-refractivity contribution in [2.24, 2.45) is 0 Å². The van der Waals surface area contributed by atoms with Gasteiger partial charge in [0.15, 0.2) is 0 Å². The maximum atomic E-state index is 4.37. The molecule has 0 saturated heterocycles. The molecule has 1 heterocycles. The van der Waals surface area contributed by atoms with E-state index in [2.05, 4.69) is 46.7 Å². The Bertz CT molecular complexity index is 498. The van der Waals surface area contributed by atoms with Crippen LogP contribution in [0.15, 0.2) is 48.7 Å². The molecule has 2 aromatic rings. The Balaban J connectivity index is 2.10. The van der Waals surface area contributed by atoms with Crippen LogP contribution in [-0.2, 0) is 6.42 Å². The minimum Gasteiger partial charge on any atom is -0.319 e. The minimum absolute atomic E-state index is 0.979. The first kappa shape index (κ1) is 11.8. The molecule has 88 valence electrons. The van der Waals surface area contributed by atoms with E-state index in [0.29, 0.717) is 0 Å². The zero-order valence-corrected chi connectivity index (χ0v) is 10.2. The maximum absolute atomic E-state index is 4.37. The molecule has 0 atom stereocenters. The average molecular weight is 226 g/mol. The Morgan fingerprint density at radius 1 is 1.18 bits per heavy atom. The minimum atomic E-state index is 0.979. The van der Waals surface area contributed by atoms with Crippen LogP contribution in [-0.4, -0.2) is 18.6 Å². The monoisotopic (exact) mass is 226 g/mol. The van der Waals surface area contributed by atoms with Crippen molar-refractivity contribution >= 4 is 10.9 Å². The fourth-order valence-corrected chi connectivity index (χ4v) is 1.89. The van der Waals surface area contributed by atoms with Gasteiger partial charge in [-0.1, -0.05) is 30.4 Å². The van der Waals surface area contributed by atoms with Crippen molar-refractivity contribution in [2.45, 2.75) is 12.8 Å². The molecule has 0 spiro atoms. The van der Waals surface area contributed by atoms with Crippen LogP contribution in [0.1, 0.15) is 12.0 Å². The molecular formula is C15H18N2. The number of fused-ring (bicyclic) bond motifs is 1. The van der Waals surface area contributed by atoms with E-state index in [0.717, 1.165) is 24.9 Å². The number of pyridine rings is 1. The highest BCUT2D eigenvalue weighted by Crippen LogP contribution is 2.16. The van der Waals surface area contributed by atoms with E-state index in [-0.39, 0.29) is 0 Å². The first-order chi connectivity index (χ1) is 8.42. The summed E-state index contributed by atoms with van der Waals surface area (Å²) < 4.78 is 0. The normalized spacial score (nSPS) is 11.4. The van der Waals surface area contributed by atoms with Crippen molar-refractivity contribution in [2.75, 3.05) is 13.6 Å². The van der Waals surface area contributed by atoms with Crippen molar-refractivity contribution in [3.8, 4) is 0 Å². The molecule has 0 unspecified atom stereocenters. The number of aromatic nitrogens is 1. The second-order valence-electron chi connectivity index (χ2n) is 4.05. The standard InChI is InChI=1S/C15H18N2/c1-16-11-6-2-3-7-13-10-12-17-15-9-5-4-8-14(13)15/h2-5,8-10,12,16H,6-7,11H2,1H3. The highest BCUT2D eigenvalue weighted by atomic mass is 14.8. The van der Waals surface area contributed by atoms with Crippen LogP contribution in [0.25, 0.3) is 10.9 Å². The van der Waals surface area contributed by atoms with Gasteiger partial charge in [0, 0.05) is 11.6 Å². The molecule has 2 heteroatoms. The quantitative estimate of drug-likeness (QED) is 0.626. The van der Waals surface area contributed by atoms with Crippen molar-refractivity contribution < 1.29 is 0 Å². The van der Waals surface area contributed by atoms with E-state index < -0.39 is 0 Å². The summed E-state index contributed by atoms with van der Waals surface area (Å²) in [5.41, 5.74) is 2.42. The van der Waals surface area contributed by atoms with E-state index in [9.17, 15) is 0 Å². The van der Waals surface area contributed by atoms with Crippen molar-refractivity contribution in [1.29, 1.82) is 0 Å². The topological polar surface area (TPSA) is 24.9 Å². The van der Waals surface area contributed by atoms with Gasteiger partial charge in [0.1, 0.15) is 0 Å². The van der Waals surface area contributed by atoms with Gasteiger partial charge in [-0.25, -0.2) is 0 Å². The van der Waals surface area contributed by atoms with Gasteiger partial charge in [0.25, 0.3) is 0 Å². The predicted octanol–water partition coefficient (Wildman–Crippen LogP) is 2.94. The molecule has 0 aliphatic heterocycles. The Labute approximate surface area is 102 Å². The fourth-order valence-electron chi connectivity index (χ4n) is 1.89. The molecule has 1 N–H and O–H groups in total. The first-order valence-corrected chi connectivity index (χ1v) is 6.04. The third-order valence-corrected chi connectivity index (χ3v) is 2.80. The highest BCUT2D eigenvalue weighted by molar-refractivity contribution is 5.81. The number of hydrogen-bond donors (Lipinski definition) is 1. The summed E-state index contributed by atoms with van der Waals surface area (Å²) in [5.74, 6) is 0. The summed E-state index contributed by atoms with van der Waals surface area (Å²) in [5, 5.41) is 4.39. The predicted molar refractivity (Wildman–Crippen MR) is 73.1 cm³/mol. The Kier molecular flexibility index (Phi) is 4.28. The lowest BCUT2D eigenvalue weighted by atomic mass is 10.1. The second kappa shape index (κ2) is 6.16. The van der Waals surface area contributed by atoms with Crippen molar-refractivity contribution in [1.82, 2.24) is 10.3 Å². The van der Waals surface area contributed by atoms with E-state index in [1.54, 1.807) is 0 Å². The van der Waals surface area contributed by atoms with E-state index >= 15 is 0 Å². The molecule has 1 aromatic carbocycles. The second-order valence-corrected chi connectivity index (χ2v) is 4.05. The van der Waals surface area contributed by atoms with Crippen LogP contribution < -0.4 is 5.32 Å². The van der Waals surface area contributed by atoms with E-state index in [1.165, 1.54) is 10.9 Å². The number of rotatable bonds is 5. The lowest BCUT2D eigenvalue weighted by molar-refractivity contribution is 0.806. The number of benzene rings is 1. The van der Waals surface area contributed by atoms with Gasteiger partial charge < -0.3 is 5.32 Å². The molecule has 0 aliphatic rings. The molecule has 2 nitrogen and oxygen atoms in total. The van der Waals surface area contributed by atoms with Gasteiger partial charge in [-0.15, -0.1) is 0 Å². The van der Waals surface area contributed by atoms with Crippen LogP contribution in [0.2, 0.25) is 0 Å². The maximum Gasteiger partial charge on any atom is 0.0704 e. The number of hydrogen-bond acceptors (Lipinski definition) is 2.